The number of para-hydroxylation sites is 1. The summed E-state index contributed by atoms with van der Waals surface area (Å²) in [6.07, 6.45) is 5.87. The third kappa shape index (κ3) is 3.18. The number of rotatable bonds is 5. The van der Waals surface area contributed by atoms with Gasteiger partial charge in [0.05, 0.1) is 16.1 Å². The number of hydrogen-bond acceptors (Lipinski definition) is 5. The van der Waals surface area contributed by atoms with E-state index in [4.69, 9.17) is 9.47 Å². The molecule has 0 aliphatic heterocycles. The second-order valence-electron chi connectivity index (χ2n) is 6.93. The van der Waals surface area contributed by atoms with Gasteiger partial charge in [-0.3, -0.25) is 0 Å². The molecule has 0 amide bonds. The molecule has 4 rings (SSSR count). The Bertz CT molecular complexity index is 1240. The summed E-state index contributed by atoms with van der Waals surface area (Å²) in [4.78, 5) is -0.0954. The van der Waals surface area contributed by atoms with Gasteiger partial charge in [-0.25, -0.2) is 16.8 Å². The molecule has 30 heavy (non-hydrogen) atoms. The van der Waals surface area contributed by atoms with Crippen molar-refractivity contribution < 1.29 is 27.4 Å². The number of benzene rings is 2. The summed E-state index contributed by atoms with van der Waals surface area (Å²) in [6.45, 7) is 0. The Labute approximate surface area is 173 Å². The van der Waals surface area contributed by atoms with E-state index < -0.39 is 27.2 Å². The van der Waals surface area contributed by atoms with Crippen molar-refractivity contribution in [2.45, 2.75) is 16.3 Å². The van der Waals surface area contributed by atoms with Crippen molar-refractivity contribution >= 4 is 20.9 Å². The lowest BCUT2D eigenvalue weighted by atomic mass is 9.92. The minimum Gasteiger partial charge on any atom is -0.376 e. The van der Waals surface area contributed by atoms with Gasteiger partial charge in [0.1, 0.15) is 11.4 Å². The van der Waals surface area contributed by atoms with E-state index in [1.165, 1.54) is 50.7 Å². The van der Waals surface area contributed by atoms with Crippen molar-refractivity contribution in [2.75, 3.05) is 14.2 Å². The maximum absolute atomic E-state index is 13.5. The minimum absolute atomic E-state index is 0.0954. The molecule has 0 unspecified atom stereocenters. The summed E-state index contributed by atoms with van der Waals surface area (Å²) in [5.74, 6) is -1.70. The summed E-state index contributed by atoms with van der Waals surface area (Å²) in [6, 6.07) is 13.0. The molecule has 8 heteroatoms. The van der Waals surface area contributed by atoms with Crippen LogP contribution < -0.4 is 0 Å². The summed E-state index contributed by atoms with van der Waals surface area (Å²) in [7, 11) is -1.22. The van der Waals surface area contributed by atoms with Crippen molar-refractivity contribution in [3.8, 4) is 0 Å². The fourth-order valence-corrected chi connectivity index (χ4v) is 5.08. The fourth-order valence-electron chi connectivity index (χ4n) is 3.50. The first kappa shape index (κ1) is 20.5. The molecule has 0 saturated heterocycles. The number of hydrogen-bond donors (Lipinski definition) is 1. The molecule has 6 nitrogen and oxygen atoms in total. The molecule has 0 fully saturated rings. The predicted octanol–water partition coefficient (Wildman–Crippen LogP) is 3.32. The topological polar surface area (TPSA) is 77.8 Å². The lowest BCUT2D eigenvalue weighted by molar-refractivity contribution is -0.136. The van der Waals surface area contributed by atoms with Gasteiger partial charge < -0.3 is 14.6 Å². The average molecular weight is 429 g/mol. The Hall–Kier alpha value is -2.78. The first-order valence-electron chi connectivity index (χ1n) is 9.10. The van der Waals surface area contributed by atoms with Crippen LogP contribution in [-0.4, -0.2) is 37.5 Å². The van der Waals surface area contributed by atoms with Crippen LogP contribution in [0.15, 0.2) is 83.8 Å². The Balaban J connectivity index is 1.95. The zero-order valence-electron chi connectivity index (χ0n) is 16.3. The Morgan fingerprint density at radius 1 is 0.933 bits per heavy atom. The molecule has 0 spiro atoms. The number of methoxy groups -OCH3 is 2. The molecule has 156 valence electrons. The van der Waals surface area contributed by atoms with Crippen LogP contribution in [0.2, 0.25) is 0 Å². The highest BCUT2D eigenvalue weighted by Crippen LogP contribution is 2.37. The first-order chi connectivity index (χ1) is 14.2. The number of aromatic nitrogens is 1. The highest BCUT2D eigenvalue weighted by Gasteiger charge is 2.38. The molecule has 1 aromatic heterocycles. The van der Waals surface area contributed by atoms with Crippen LogP contribution in [0.1, 0.15) is 5.69 Å². The van der Waals surface area contributed by atoms with Crippen LogP contribution in [-0.2, 0) is 25.1 Å². The molecule has 1 heterocycles. The van der Waals surface area contributed by atoms with Gasteiger partial charge in [-0.2, -0.15) is 0 Å². The van der Waals surface area contributed by atoms with Crippen molar-refractivity contribution in [1.29, 1.82) is 0 Å². The number of nitrogens with zero attached hydrogens (tertiary/aromatic N) is 1. The third-order valence-corrected chi connectivity index (χ3v) is 6.95. The molecule has 1 N–H and O–H groups in total. The SMILES string of the molecule is COC1(OC)C=CC(O)(c2cc3ccccc3n2S(=O)(=O)c2ccc(F)cc2)C=C1. The second kappa shape index (κ2) is 7.17. The monoisotopic (exact) mass is 429 g/mol. The largest absolute Gasteiger partial charge is 0.376 e. The van der Waals surface area contributed by atoms with Crippen molar-refractivity contribution in [3.63, 3.8) is 0 Å². The zero-order chi connectivity index (χ0) is 21.6. The van der Waals surface area contributed by atoms with Crippen molar-refractivity contribution in [3.05, 3.63) is 90.4 Å². The Kier molecular flexibility index (Phi) is 4.90. The van der Waals surface area contributed by atoms with E-state index in [1.54, 1.807) is 30.3 Å². The standard InChI is InChI=1S/C22H20FNO5S/c1-28-22(29-2)13-11-21(25,12-14-22)20-15-16-5-3-4-6-19(16)24(20)30(26,27)18-9-7-17(23)8-10-18/h3-15,25H,1-2H3. The summed E-state index contributed by atoms with van der Waals surface area (Å²) < 4.78 is 52.1. The molecular weight excluding hydrogens is 409 g/mol. The third-order valence-electron chi connectivity index (χ3n) is 5.21. The number of ether oxygens (including phenoxy) is 2. The second-order valence-corrected chi connectivity index (χ2v) is 8.72. The molecule has 0 atom stereocenters. The van der Waals surface area contributed by atoms with E-state index >= 15 is 0 Å². The van der Waals surface area contributed by atoms with E-state index in [2.05, 4.69) is 0 Å². The highest BCUT2D eigenvalue weighted by molar-refractivity contribution is 7.90. The number of halogens is 1. The van der Waals surface area contributed by atoms with Crippen molar-refractivity contribution in [2.24, 2.45) is 0 Å². The van der Waals surface area contributed by atoms with E-state index in [9.17, 15) is 17.9 Å². The van der Waals surface area contributed by atoms with Crippen LogP contribution >= 0.6 is 0 Å². The summed E-state index contributed by atoms with van der Waals surface area (Å²) in [5, 5.41) is 12.0. The normalized spacial score (nSPS) is 17.5. The molecular formula is C22H20FNO5S. The fraction of sp³-hybridized carbons (Fsp3) is 0.182. The van der Waals surface area contributed by atoms with Crippen molar-refractivity contribution in [1.82, 2.24) is 3.97 Å². The molecule has 2 aromatic carbocycles. The van der Waals surface area contributed by atoms with Gasteiger partial charge in [0, 0.05) is 19.6 Å². The molecule has 1 aliphatic rings. The maximum Gasteiger partial charge on any atom is 0.268 e. The van der Waals surface area contributed by atoms with Gasteiger partial charge in [-0.05, 0) is 60.7 Å². The van der Waals surface area contributed by atoms with Crippen LogP contribution in [0.4, 0.5) is 4.39 Å². The van der Waals surface area contributed by atoms with Gasteiger partial charge in [0.25, 0.3) is 10.0 Å². The molecule has 0 bridgehead atoms. The van der Waals surface area contributed by atoms with E-state index in [0.717, 1.165) is 16.1 Å². The van der Waals surface area contributed by atoms with Crippen LogP contribution in [0.5, 0.6) is 0 Å². The summed E-state index contributed by atoms with van der Waals surface area (Å²) >= 11 is 0. The van der Waals surface area contributed by atoms with Gasteiger partial charge >= 0.3 is 0 Å². The van der Waals surface area contributed by atoms with E-state index in [1.807, 2.05) is 0 Å². The molecule has 3 aromatic rings. The molecule has 0 radical (unpaired) electrons. The minimum atomic E-state index is -4.14. The van der Waals surface area contributed by atoms with Crippen LogP contribution in [0, 0.1) is 5.82 Å². The first-order valence-corrected chi connectivity index (χ1v) is 10.5. The van der Waals surface area contributed by atoms with Crippen LogP contribution in [0.25, 0.3) is 10.9 Å². The number of aliphatic hydroxyl groups is 1. The smallest absolute Gasteiger partial charge is 0.268 e. The van der Waals surface area contributed by atoms with Gasteiger partial charge in [0.15, 0.2) is 0 Å². The Morgan fingerprint density at radius 3 is 2.13 bits per heavy atom. The van der Waals surface area contributed by atoms with Gasteiger partial charge in [0.2, 0.25) is 5.79 Å². The number of fused-ring (bicyclic) bond motifs is 1. The van der Waals surface area contributed by atoms with E-state index in [0.29, 0.717) is 10.9 Å². The molecule has 0 saturated carbocycles. The quantitative estimate of drug-likeness (QED) is 0.497. The van der Waals surface area contributed by atoms with Gasteiger partial charge in [-0.15, -0.1) is 0 Å². The summed E-state index contributed by atoms with van der Waals surface area (Å²) in [5.41, 5.74) is -1.24. The lowest BCUT2D eigenvalue weighted by Crippen LogP contribution is -2.36. The van der Waals surface area contributed by atoms with Crippen LogP contribution in [0.3, 0.4) is 0 Å². The Morgan fingerprint density at radius 2 is 1.53 bits per heavy atom. The predicted molar refractivity (Wildman–Crippen MR) is 110 cm³/mol. The molecule has 1 aliphatic carbocycles. The lowest BCUT2D eigenvalue weighted by Gasteiger charge is -2.32. The average Bonchev–Trinajstić information content (AvgIpc) is 3.16. The zero-order valence-corrected chi connectivity index (χ0v) is 17.1. The van der Waals surface area contributed by atoms with E-state index in [-0.39, 0.29) is 10.6 Å². The maximum atomic E-state index is 13.5. The highest BCUT2D eigenvalue weighted by atomic mass is 32.2. The van der Waals surface area contributed by atoms with Gasteiger partial charge in [-0.1, -0.05) is 18.2 Å².